The minimum Gasteiger partial charge on any atom is -0.466 e. The Labute approximate surface area is 415 Å². The number of unbranched alkanes of at least 4 members (excludes halogenated alkanes) is 11. The fourth-order valence-electron chi connectivity index (χ4n) is 6.23. The van der Waals surface area contributed by atoms with E-state index >= 15 is 0 Å². The smallest absolute Gasteiger partial charge is 0.408 e. The molecule has 5 N–H and O–H groups in total. The van der Waals surface area contributed by atoms with Gasteiger partial charge in [-0.3, -0.25) is 24.0 Å². The summed E-state index contributed by atoms with van der Waals surface area (Å²) in [5, 5.41) is 13.4. The molecule has 392 valence electrons. The van der Waals surface area contributed by atoms with Gasteiger partial charge in [-0.05, 0) is 92.9 Å². The van der Waals surface area contributed by atoms with Gasteiger partial charge >= 0.3 is 24.1 Å². The van der Waals surface area contributed by atoms with E-state index < -0.39 is 59.2 Å². The van der Waals surface area contributed by atoms with Gasteiger partial charge in [-0.25, -0.2) is 9.59 Å². The normalized spacial score (nSPS) is 12.3. The monoisotopic (exact) mass is 1000 g/mol. The van der Waals surface area contributed by atoms with Gasteiger partial charge in [0.05, 0.1) is 19.6 Å². The van der Waals surface area contributed by atoms with E-state index in [0.717, 1.165) is 32.1 Å². The molecule has 0 aromatic carbocycles. The van der Waals surface area contributed by atoms with Crippen molar-refractivity contribution in [2.45, 2.75) is 207 Å². The quantitative estimate of drug-likeness (QED) is 0.00967. The highest BCUT2D eigenvalue weighted by molar-refractivity contribution is 8.76. The van der Waals surface area contributed by atoms with Crippen LogP contribution in [0.5, 0.6) is 0 Å². The Balaban J connectivity index is 4.29. The van der Waals surface area contributed by atoms with E-state index in [0.29, 0.717) is 43.6 Å². The molecule has 0 saturated carbocycles. The van der Waals surface area contributed by atoms with Crippen LogP contribution in [0.4, 0.5) is 9.59 Å². The van der Waals surface area contributed by atoms with Gasteiger partial charge in [0.2, 0.25) is 17.7 Å². The summed E-state index contributed by atoms with van der Waals surface area (Å²) in [5.74, 6) is -1.23. The molecule has 0 bridgehead atoms. The van der Waals surface area contributed by atoms with E-state index in [1.54, 1.807) is 41.5 Å². The number of amides is 5. The van der Waals surface area contributed by atoms with E-state index in [9.17, 15) is 38.4 Å². The second-order valence-corrected chi connectivity index (χ2v) is 21.2. The number of esters is 2. The summed E-state index contributed by atoms with van der Waals surface area (Å²) in [6.07, 6.45) is 20.4. The van der Waals surface area contributed by atoms with Gasteiger partial charge < -0.3 is 50.3 Å². The topological polar surface area (TPSA) is 234 Å². The second kappa shape index (κ2) is 40.8. The Morgan fingerprint density at radius 2 is 1.01 bits per heavy atom. The Morgan fingerprint density at radius 1 is 0.515 bits per heavy atom. The van der Waals surface area contributed by atoms with Crippen molar-refractivity contribution >= 4 is 69.7 Å². The molecule has 0 aromatic rings. The summed E-state index contributed by atoms with van der Waals surface area (Å²) >= 11 is 0. The molecule has 0 aliphatic carbocycles. The lowest BCUT2D eigenvalue weighted by Gasteiger charge is -2.23. The number of hydrogen-bond acceptors (Lipinski definition) is 14. The van der Waals surface area contributed by atoms with Crippen LogP contribution in [0, 0.1) is 0 Å². The lowest BCUT2D eigenvalue weighted by Crippen LogP contribution is -2.48. The second-order valence-electron chi connectivity index (χ2n) is 18.5. The third kappa shape index (κ3) is 42.1. The lowest BCUT2D eigenvalue weighted by molar-refractivity contribution is -0.147. The number of nitrogens with one attached hydrogen (secondary N) is 5. The summed E-state index contributed by atoms with van der Waals surface area (Å²) in [4.78, 5) is 98.1. The van der Waals surface area contributed by atoms with Gasteiger partial charge in [0.15, 0.2) is 0 Å². The average molecular weight is 1000 g/mol. The third-order valence-electron chi connectivity index (χ3n) is 9.64. The Morgan fingerprint density at radius 3 is 1.56 bits per heavy atom. The summed E-state index contributed by atoms with van der Waals surface area (Å²) < 4.78 is 21.0. The van der Waals surface area contributed by atoms with Crippen LogP contribution in [-0.2, 0) is 47.7 Å². The lowest BCUT2D eigenvalue weighted by atomic mass is 10.1. The fourth-order valence-corrected chi connectivity index (χ4v) is 8.04. The van der Waals surface area contributed by atoms with Crippen molar-refractivity contribution in [3.05, 3.63) is 12.2 Å². The summed E-state index contributed by atoms with van der Waals surface area (Å²) in [6, 6.07) is -1.86. The van der Waals surface area contributed by atoms with Crippen LogP contribution in [0.25, 0.3) is 0 Å². The van der Waals surface area contributed by atoms with Crippen LogP contribution in [0.1, 0.15) is 183 Å². The molecule has 0 heterocycles. The summed E-state index contributed by atoms with van der Waals surface area (Å²) in [6.45, 7) is 13.6. The van der Waals surface area contributed by atoms with Crippen LogP contribution in [0.3, 0.4) is 0 Å². The number of aldehydes is 1. The van der Waals surface area contributed by atoms with Gasteiger partial charge in [-0.2, -0.15) is 0 Å². The predicted octanol–water partition coefficient (Wildman–Crippen LogP) is 8.56. The number of carbonyl (C=O) groups excluding carboxylic acids is 8. The van der Waals surface area contributed by atoms with Gasteiger partial charge in [-0.15, -0.1) is 0 Å². The largest absolute Gasteiger partial charge is 0.466 e. The highest BCUT2D eigenvalue weighted by Gasteiger charge is 2.25. The molecule has 5 amide bonds. The van der Waals surface area contributed by atoms with Crippen LogP contribution >= 0.6 is 21.6 Å². The maximum atomic E-state index is 13.0. The Bertz CT molecular complexity index is 1470. The fraction of sp³-hybridized carbons (Fsp3) is 0.796. The van der Waals surface area contributed by atoms with Gasteiger partial charge in [-0.1, -0.05) is 92.0 Å². The van der Waals surface area contributed by atoms with Crippen LogP contribution in [-0.4, -0.2) is 116 Å². The summed E-state index contributed by atoms with van der Waals surface area (Å²) in [5.41, 5.74) is -1.41. The maximum absolute atomic E-state index is 13.0. The van der Waals surface area contributed by atoms with Crippen LogP contribution in [0.15, 0.2) is 12.2 Å². The molecule has 0 radical (unpaired) electrons. The van der Waals surface area contributed by atoms with Crippen molar-refractivity contribution in [3.63, 3.8) is 0 Å². The number of alkyl carbamates (subject to hydrolysis) is 2. The minimum absolute atomic E-state index is 0.0439. The predicted molar refractivity (Wildman–Crippen MR) is 270 cm³/mol. The number of hydrogen-bond donors (Lipinski definition) is 5. The minimum atomic E-state index is -0.964. The molecule has 0 rings (SSSR count). The number of allylic oxidation sites excluding steroid dienone is 2. The molecule has 0 saturated heterocycles. The zero-order valence-corrected chi connectivity index (χ0v) is 44.0. The molecular weight excluding hydrogens is 915 g/mol. The van der Waals surface area contributed by atoms with Crippen LogP contribution in [0.2, 0.25) is 0 Å². The molecule has 68 heavy (non-hydrogen) atoms. The molecule has 0 fully saturated rings. The van der Waals surface area contributed by atoms with Crippen molar-refractivity contribution in [2.24, 2.45) is 0 Å². The van der Waals surface area contributed by atoms with Gasteiger partial charge in [0.25, 0.3) is 0 Å². The van der Waals surface area contributed by atoms with Crippen molar-refractivity contribution in [2.75, 3.05) is 44.4 Å². The molecular formula is C49H87N5O12S2. The molecule has 0 aliphatic heterocycles. The maximum Gasteiger partial charge on any atom is 0.408 e. The van der Waals surface area contributed by atoms with E-state index in [-0.39, 0.29) is 64.4 Å². The van der Waals surface area contributed by atoms with Crippen molar-refractivity contribution in [1.29, 1.82) is 0 Å². The molecule has 17 nitrogen and oxygen atoms in total. The van der Waals surface area contributed by atoms with Crippen molar-refractivity contribution < 1.29 is 57.3 Å². The van der Waals surface area contributed by atoms with E-state index in [1.807, 2.05) is 0 Å². The third-order valence-corrected chi connectivity index (χ3v) is 12.0. The van der Waals surface area contributed by atoms with E-state index in [1.165, 1.54) is 73.0 Å². The number of carbonyl (C=O) groups is 8. The molecule has 0 aliphatic rings. The zero-order chi connectivity index (χ0) is 50.9. The first-order valence-electron chi connectivity index (χ1n) is 24.8. The Kier molecular flexibility index (Phi) is 38.4. The molecule has 2 unspecified atom stereocenters. The Hall–Kier alpha value is -4.00. The molecule has 2 atom stereocenters. The molecule has 0 aromatic heterocycles. The van der Waals surface area contributed by atoms with Gasteiger partial charge in [0.1, 0.15) is 29.6 Å². The first kappa shape index (κ1) is 64.0. The molecule has 0 spiro atoms. The average Bonchev–Trinajstić information content (AvgIpc) is 3.26. The van der Waals surface area contributed by atoms with Gasteiger partial charge in [0, 0.05) is 56.8 Å². The first-order valence-corrected chi connectivity index (χ1v) is 27.3. The first-order chi connectivity index (χ1) is 32.4. The molecule has 19 heteroatoms. The van der Waals surface area contributed by atoms with E-state index in [4.69, 9.17) is 18.9 Å². The van der Waals surface area contributed by atoms with Crippen molar-refractivity contribution in [1.82, 2.24) is 26.6 Å². The van der Waals surface area contributed by atoms with E-state index in [2.05, 4.69) is 45.7 Å². The zero-order valence-electron chi connectivity index (χ0n) is 42.4. The number of ether oxygens (including phenoxy) is 4. The number of rotatable bonds is 40. The standard InChI is InChI=1S/C49H87N5O12S2/c1-8-9-10-11-12-13-14-15-16-17-18-19-20-21-22-28-42(57)63-35-25-36-64-43(58)30-29-41(56)53-39(27-24-34-55)44(59)50-32-37-67-68-38-33-51-45(60)40(54-47(62)66-49(5,6)7)26-23-31-52-46(61)65-48(2,3)4/h15-16,34,39-40H,8-14,17-33,35-38H2,1-7H3,(H,50,59)(H,51,60)(H,52,61)(H,53,56)(H,54,62)/b16-15-. The highest BCUT2D eigenvalue weighted by Crippen LogP contribution is 2.19. The highest BCUT2D eigenvalue weighted by atomic mass is 33.1. The van der Waals surface area contributed by atoms with Crippen LogP contribution < -0.4 is 26.6 Å². The van der Waals surface area contributed by atoms with Crippen molar-refractivity contribution in [3.8, 4) is 0 Å². The summed E-state index contributed by atoms with van der Waals surface area (Å²) in [7, 11) is 2.92. The SMILES string of the molecule is CCCCCCCC/C=C\CCCCCCCC(=O)OCCCOC(=O)CCC(=O)NC(CCC=O)C(=O)NCCSSCCNC(=O)C(CCCNC(=O)OC(C)(C)C)NC(=O)OC(C)(C)C.